The van der Waals surface area contributed by atoms with Gasteiger partial charge in [0.2, 0.25) is 0 Å². The van der Waals surface area contributed by atoms with Gasteiger partial charge in [-0.25, -0.2) is 0 Å². The van der Waals surface area contributed by atoms with E-state index in [1.807, 2.05) is 0 Å². The number of rotatable bonds is 4. The summed E-state index contributed by atoms with van der Waals surface area (Å²) in [4.78, 5) is 5.04. The van der Waals surface area contributed by atoms with Crippen LogP contribution in [-0.2, 0) is 4.74 Å². The van der Waals surface area contributed by atoms with Gasteiger partial charge in [-0.3, -0.25) is 4.90 Å². The largest absolute Gasteiger partial charge is 0.381 e. The molecule has 106 valence electrons. The minimum absolute atomic E-state index is 0.263. The molecule has 4 heteroatoms. The van der Waals surface area contributed by atoms with Crippen molar-refractivity contribution in [2.45, 2.75) is 38.3 Å². The van der Waals surface area contributed by atoms with Crippen molar-refractivity contribution in [2.75, 3.05) is 53.0 Å². The summed E-state index contributed by atoms with van der Waals surface area (Å²) in [7, 11) is 2.21. The predicted octanol–water partition coefficient (Wildman–Crippen LogP) is 0.781. The number of hydrogen-bond acceptors (Lipinski definition) is 4. The van der Waals surface area contributed by atoms with Crippen molar-refractivity contribution in [2.24, 2.45) is 0 Å². The summed E-state index contributed by atoms with van der Waals surface area (Å²) in [5, 5.41) is 3.74. The fourth-order valence-corrected chi connectivity index (χ4v) is 2.82. The van der Waals surface area contributed by atoms with Gasteiger partial charge in [-0.15, -0.1) is 0 Å². The molecule has 1 N–H and O–H groups in total. The molecule has 2 heterocycles. The first-order valence-electron chi connectivity index (χ1n) is 7.33. The molecule has 0 atom stereocenters. The number of hydrogen-bond donors (Lipinski definition) is 1. The van der Waals surface area contributed by atoms with Crippen molar-refractivity contribution in [3.8, 4) is 0 Å². The van der Waals surface area contributed by atoms with E-state index in [9.17, 15) is 0 Å². The van der Waals surface area contributed by atoms with Gasteiger partial charge in [0.25, 0.3) is 0 Å². The number of piperazine rings is 1. The molecule has 2 fully saturated rings. The van der Waals surface area contributed by atoms with Gasteiger partial charge >= 0.3 is 0 Å². The van der Waals surface area contributed by atoms with Crippen LogP contribution < -0.4 is 5.32 Å². The Morgan fingerprint density at radius 1 is 1.11 bits per heavy atom. The van der Waals surface area contributed by atoms with E-state index in [4.69, 9.17) is 4.74 Å². The van der Waals surface area contributed by atoms with Crippen molar-refractivity contribution in [1.82, 2.24) is 15.1 Å². The molecule has 4 nitrogen and oxygen atoms in total. The standard InChI is InChI=1S/C14H29N3O/c1-14(2,17-8-6-16(3)7-9-17)12-15-13-4-10-18-11-5-13/h13,15H,4-12H2,1-3H3. The minimum atomic E-state index is 0.263. The lowest BCUT2D eigenvalue weighted by molar-refractivity contribution is 0.0478. The van der Waals surface area contributed by atoms with E-state index < -0.39 is 0 Å². The van der Waals surface area contributed by atoms with Gasteiger partial charge < -0.3 is 15.0 Å². The first-order chi connectivity index (χ1) is 8.58. The molecule has 0 aromatic carbocycles. The molecule has 0 aromatic rings. The van der Waals surface area contributed by atoms with Gasteiger partial charge in [-0.2, -0.15) is 0 Å². The molecule has 2 saturated heterocycles. The molecule has 0 aromatic heterocycles. The van der Waals surface area contributed by atoms with Crippen molar-refractivity contribution in [3.63, 3.8) is 0 Å². The second-order valence-electron chi connectivity index (χ2n) is 6.37. The Morgan fingerprint density at radius 2 is 1.72 bits per heavy atom. The van der Waals surface area contributed by atoms with Crippen LogP contribution in [0.4, 0.5) is 0 Å². The molecular formula is C14H29N3O. The van der Waals surface area contributed by atoms with Crippen LogP contribution in [-0.4, -0.2) is 74.4 Å². The average Bonchev–Trinajstić information content (AvgIpc) is 2.38. The molecule has 0 amide bonds. The number of nitrogens with zero attached hydrogens (tertiary/aromatic N) is 2. The zero-order valence-electron chi connectivity index (χ0n) is 12.2. The summed E-state index contributed by atoms with van der Waals surface area (Å²) in [6, 6.07) is 0.658. The molecule has 2 rings (SSSR count). The second kappa shape index (κ2) is 6.33. The van der Waals surface area contributed by atoms with Gasteiger partial charge in [-0.05, 0) is 33.7 Å². The highest BCUT2D eigenvalue weighted by molar-refractivity contribution is 4.88. The average molecular weight is 255 g/mol. The number of likely N-dealkylation sites (N-methyl/N-ethyl adjacent to an activating group) is 1. The van der Waals surface area contributed by atoms with Gasteiger partial charge in [0.15, 0.2) is 0 Å². The number of nitrogens with one attached hydrogen (secondary N) is 1. The lowest BCUT2D eigenvalue weighted by Crippen LogP contribution is -2.58. The van der Waals surface area contributed by atoms with E-state index >= 15 is 0 Å². The molecule has 0 radical (unpaired) electrons. The van der Waals surface area contributed by atoms with Gasteiger partial charge in [0.05, 0.1) is 0 Å². The highest BCUT2D eigenvalue weighted by atomic mass is 16.5. The maximum atomic E-state index is 5.40. The fraction of sp³-hybridized carbons (Fsp3) is 1.00. The third kappa shape index (κ3) is 3.92. The molecule has 2 aliphatic rings. The fourth-order valence-electron chi connectivity index (χ4n) is 2.82. The third-order valence-electron chi connectivity index (χ3n) is 4.40. The molecule has 0 spiro atoms. The summed E-state index contributed by atoms with van der Waals surface area (Å²) >= 11 is 0. The maximum Gasteiger partial charge on any atom is 0.0480 e. The molecular weight excluding hydrogens is 226 g/mol. The summed E-state index contributed by atoms with van der Waals surface area (Å²) in [5.74, 6) is 0. The summed E-state index contributed by atoms with van der Waals surface area (Å²) in [6.07, 6.45) is 2.33. The smallest absolute Gasteiger partial charge is 0.0480 e. The van der Waals surface area contributed by atoms with Crippen LogP contribution in [0.5, 0.6) is 0 Å². The first-order valence-corrected chi connectivity index (χ1v) is 7.33. The Kier molecular flexibility index (Phi) is 5.01. The van der Waals surface area contributed by atoms with E-state index in [0.717, 1.165) is 19.8 Å². The minimum Gasteiger partial charge on any atom is -0.381 e. The Labute approximate surface area is 112 Å². The Morgan fingerprint density at radius 3 is 2.33 bits per heavy atom. The Hall–Kier alpha value is -0.160. The third-order valence-corrected chi connectivity index (χ3v) is 4.40. The summed E-state index contributed by atoms with van der Waals surface area (Å²) in [6.45, 7) is 12.4. The molecule has 0 unspecified atom stereocenters. The molecule has 0 bridgehead atoms. The van der Waals surface area contributed by atoms with Crippen LogP contribution in [0.3, 0.4) is 0 Å². The molecule has 18 heavy (non-hydrogen) atoms. The second-order valence-corrected chi connectivity index (χ2v) is 6.37. The lowest BCUT2D eigenvalue weighted by atomic mass is 10.00. The SMILES string of the molecule is CN1CCN(C(C)(C)CNC2CCOCC2)CC1. The highest BCUT2D eigenvalue weighted by Gasteiger charge is 2.29. The van der Waals surface area contributed by atoms with E-state index in [1.165, 1.54) is 39.0 Å². The lowest BCUT2D eigenvalue weighted by Gasteiger charge is -2.44. The zero-order chi connectivity index (χ0) is 13.0. The molecule has 2 aliphatic heterocycles. The van der Waals surface area contributed by atoms with Crippen molar-refractivity contribution in [1.29, 1.82) is 0 Å². The Bertz CT molecular complexity index is 243. The van der Waals surface area contributed by atoms with Crippen LogP contribution in [0.2, 0.25) is 0 Å². The van der Waals surface area contributed by atoms with Crippen LogP contribution in [0.1, 0.15) is 26.7 Å². The van der Waals surface area contributed by atoms with Crippen molar-refractivity contribution in [3.05, 3.63) is 0 Å². The van der Waals surface area contributed by atoms with Crippen LogP contribution in [0.15, 0.2) is 0 Å². The van der Waals surface area contributed by atoms with E-state index in [1.54, 1.807) is 0 Å². The quantitative estimate of drug-likeness (QED) is 0.803. The zero-order valence-corrected chi connectivity index (χ0v) is 12.2. The van der Waals surface area contributed by atoms with Crippen LogP contribution in [0, 0.1) is 0 Å². The van der Waals surface area contributed by atoms with E-state index in [2.05, 4.69) is 36.0 Å². The van der Waals surface area contributed by atoms with Gasteiger partial charge in [-0.1, -0.05) is 0 Å². The topological polar surface area (TPSA) is 27.7 Å². The molecule has 0 saturated carbocycles. The Balaban J connectivity index is 1.75. The first kappa shape index (κ1) is 14.3. The van der Waals surface area contributed by atoms with Crippen LogP contribution in [0.25, 0.3) is 0 Å². The van der Waals surface area contributed by atoms with E-state index in [-0.39, 0.29) is 5.54 Å². The van der Waals surface area contributed by atoms with Gasteiger partial charge in [0, 0.05) is 57.5 Å². The number of ether oxygens (including phenoxy) is 1. The predicted molar refractivity (Wildman–Crippen MR) is 75.0 cm³/mol. The van der Waals surface area contributed by atoms with Crippen molar-refractivity contribution < 1.29 is 4.74 Å². The monoisotopic (exact) mass is 255 g/mol. The maximum absolute atomic E-state index is 5.40. The van der Waals surface area contributed by atoms with E-state index in [0.29, 0.717) is 6.04 Å². The highest BCUT2D eigenvalue weighted by Crippen LogP contribution is 2.17. The molecule has 0 aliphatic carbocycles. The summed E-state index contributed by atoms with van der Waals surface area (Å²) < 4.78 is 5.40. The van der Waals surface area contributed by atoms with Crippen molar-refractivity contribution >= 4 is 0 Å². The van der Waals surface area contributed by atoms with Crippen LogP contribution >= 0.6 is 0 Å². The van der Waals surface area contributed by atoms with Gasteiger partial charge in [0.1, 0.15) is 0 Å². The normalized spacial score (nSPS) is 25.5. The summed E-state index contributed by atoms with van der Waals surface area (Å²) in [5.41, 5.74) is 0.263.